The summed E-state index contributed by atoms with van der Waals surface area (Å²) in [6, 6.07) is 1.92. The summed E-state index contributed by atoms with van der Waals surface area (Å²) in [6.07, 6.45) is -0.330. The first kappa shape index (κ1) is 21.9. The monoisotopic (exact) mass is 389 g/mol. The number of amides is 1. The van der Waals surface area contributed by atoms with E-state index in [9.17, 15) is 14.8 Å². The van der Waals surface area contributed by atoms with Crippen molar-refractivity contribution >= 4 is 24.4 Å². The first-order valence-electron chi connectivity index (χ1n) is 9.28. The highest BCUT2D eigenvalue weighted by atomic mass is 16.6. The van der Waals surface area contributed by atoms with E-state index in [1.807, 2.05) is 33.8 Å². The van der Waals surface area contributed by atoms with E-state index in [2.05, 4.69) is 14.9 Å². The van der Waals surface area contributed by atoms with Crippen LogP contribution < -0.4 is 10.4 Å². The van der Waals surface area contributed by atoms with Crippen LogP contribution in [0.4, 0.5) is 10.5 Å². The molecule has 1 saturated heterocycles. The van der Waals surface area contributed by atoms with Gasteiger partial charge in [0.05, 0.1) is 6.54 Å². The van der Waals surface area contributed by atoms with Crippen molar-refractivity contribution in [3.05, 3.63) is 33.2 Å². The molecule has 10 heteroatoms. The molecule has 0 atom stereocenters. The van der Waals surface area contributed by atoms with Crippen molar-refractivity contribution in [2.45, 2.75) is 46.8 Å². The molecule has 0 bridgehead atoms. The molecule has 28 heavy (non-hydrogen) atoms. The highest BCUT2D eigenvalue weighted by Crippen LogP contribution is 2.26. The summed E-state index contributed by atoms with van der Waals surface area (Å²) < 4.78 is 5.43. The predicted molar refractivity (Wildman–Crippen MR) is 109 cm³/mol. The van der Waals surface area contributed by atoms with Crippen molar-refractivity contribution in [3.63, 3.8) is 0 Å². The molecule has 1 fully saturated rings. The molecule has 1 aliphatic rings. The number of anilines is 1. The lowest BCUT2D eigenvalue weighted by Crippen LogP contribution is -2.50. The zero-order valence-corrected chi connectivity index (χ0v) is 17.1. The van der Waals surface area contributed by atoms with Crippen LogP contribution in [0.5, 0.6) is 0 Å². The fourth-order valence-corrected chi connectivity index (χ4v) is 3.42. The molecule has 2 N–H and O–H groups in total. The van der Waals surface area contributed by atoms with Gasteiger partial charge < -0.3 is 24.6 Å². The minimum Gasteiger partial charge on any atom is -0.444 e. The Bertz CT molecular complexity index is 779. The van der Waals surface area contributed by atoms with Crippen LogP contribution in [0.25, 0.3) is 10.4 Å². The summed E-state index contributed by atoms with van der Waals surface area (Å²) in [5.74, 6) is 0. The standard InChI is InChI=1S/C18H28BN5O4/c1-12-14(11-21-22-20)10-15(13(2)16(12)19(26)27)23-6-8-24(9-7-23)17(25)28-18(3,4)5/h10,26-27H,6-9,11H2,1-5H3. The van der Waals surface area contributed by atoms with Crippen LogP contribution in [-0.2, 0) is 11.3 Å². The third-order valence-electron chi connectivity index (χ3n) is 4.82. The van der Waals surface area contributed by atoms with E-state index in [0.29, 0.717) is 37.2 Å². The van der Waals surface area contributed by atoms with E-state index >= 15 is 0 Å². The Kier molecular flexibility index (Phi) is 6.82. The largest absolute Gasteiger partial charge is 0.489 e. The molecule has 0 unspecified atom stereocenters. The topological polar surface area (TPSA) is 122 Å². The lowest BCUT2D eigenvalue weighted by molar-refractivity contribution is 0.0240. The minimum absolute atomic E-state index is 0.132. The van der Waals surface area contributed by atoms with Crippen molar-refractivity contribution in [1.29, 1.82) is 0 Å². The molecule has 152 valence electrons. The minimum atomic E-state index is -1.62. The van der Waals surface area contributed by atoms with E-state index < -0.39 is 12.7 Å². The molecular formula is C18H28BN5O4. The molecule has 9 nitrogen and oxygen atoms in total. The Morgan fingerprint density at radius 3 is 2.36 bits per heavy atom. The summed E-state index contributed by atoms with van der Waals surface area (Å²) in [6.45, 7) is 11.5. The quantitative estimate of drug-likeness (QED) is 0.352. The molecule has 2 rings (SSSR count). The number of rotatable bonds is 4. The lowest BCUT2D eigenvalue weighted by atomic mass is 9.72. The predicted octanol–water partition coefficient (Wildman–Crippen LogP) is 1.85. The number of azide groups is 1. The first-order valence-corrected chi connectivity index (χ1v) is 9.28. The zero-order chi connectivity index (χ0) is 21.1. The fraction of sp³-hybridized carbons (Fsp3) is 0.611. The van der Waals surface area contributed by atoms with Crippen LogP contribution in [0.3, 0.4) is 0 Å². The van der Waals surface area contributed by atoms with Crippen LogP contribution in [0.1, 0.15) is 37.5 Å². The maximum Gasteiger partial charge on any atom is 0.489 e. The Labute approximate surface area is 165 Å². The maximum atomic E-state index is 12.3. The summed E-state index contributed by atoms with van der Waals surface area (Å²) in [5.41, 5.74) is 11.6. The van der Waals surface area contributed by atoms with E-state index in [1.54, 1.807) is 11.8 Å². The molecule has 0 spiro atoms. The average Bonchev–Trinajstić information content (AvgIpc) is 2.59. The fourth-order valence-electron chi connectivity index (χ4n) is 3.42. The van der Waals surface area contributed by atoms with Gasteiger partial charge in [-0.05, 0) is 68.4 Å². The van der Waals surface area contributed by atoms with Crippen LogP contribution in [-0.4, -0.2) is 59.9 Å². The third kappa shape index (κ3) is 5.10. The number of carbonyl (C=O) groups is 1. The molecule has 1 aromatic rings. The molecule has 0 aromatic heterocycles. The second-order valence-corrected chi connectivity index (χ2v) is 7.94. The van der Waals surface area contributed by atoms with Gasteiger partial charge in [0.1, 0.15) is 5.60 Å². The number of carbonyl (C=O) groups excluding carboxylic acids is 1. The number of benzene rings is 1. The second kappa shape index (κ2) is 8.73. The van der Waals surface area contributed by atoms with Gasteiger partial charge in [0, 0.05) is 36.8 Å². The molecule has 0 aliphatic carbocycles. The van der Waals surface area contributed by atoms with E-state index in [1.165, 1.54) is 0 Å². The normalized spacial score (nSPS) is 14.5. The van der Waals surface area contributed by atoms with Gasteiger partial charge in [-0.15, -0.1) is 0 Å². The van der Waals surface area contributed by atoms with Gasteiger partial charge in [-0.25, -0.2) is 4.79 Å². The van der Waals surface area contributed by atoms with Gasteiger partial charge in [0.15, 0.2) is 0 Å². The third-order valence-corrected chi connectivity index (χ3v) is 4.82. The molecule has 1 aliphatic heterocycles. The highest BCUT2D eigenvalue weighted by molar-refractivity contribution is 6.60. The van der Waals surface area contributed by atoms with Crippen molar-refractivity contribution in [3.8, 4) is 0 Å². The average molecular weight is 389 g/mol. The van der Waals surface area contributed by atoms with Crippen molar-refractivity contribution < 1.29 is 19.6 Å². The van der Waals surface area contributed by atoms with Crippen LogP contribution in [0, 0.1) is 13.8 Å². The number of piperazine rings is 1. The second-order valence-electron chi connectivity index (χ2n) is 7.94. The number of ether oxygens (including phenoxy) is 1. The molecule has 0 saturated carbocycles. The highest BCUT2D eigenvalue weighted by Gasteiger charge is 2.28. The van der Waals surface area contributed by atoms with Crippen molar-refractivity contribution in [2.75, 3.05) is 31.1 Å². The Morgan fingerprint density at radius 1 is 1.25 bits per heavy atom. The smallest absolute Gasteiger partial charge is 0.444 e. The number of hydrogen-bond acceptors (Lipinski definition) is 6. The van der Waals surface area contributed by atoms with Gasteiger partial charge in [-0.1, -0.05) is 5.11 Å². The van der Waals surface area contributed by atoms with E-state index in [-0.39, 0.29) is 12.6 Å². The van der Waals surface area contributed by atoms with Gasteiger partial charge in [-0.2, -0.15) is 0 Å². The van der Waals surface area contributed by atoms with Crippen molar-refractivity contribution in [1.82, 2.24) is 4.90 Å². The van der Waals surface area contributed by atoms with Crippen LogP contribution in [0.15, 0.2) is 11.2 Å². The number of nitrogens with zero attached hydrogens (tertiary/aromatic N) is 5. The Balaban J connectivity index is 2.25. The zero-order valence-electron chi connectivity index (χ0n) is 17.1. The molecular weight excluding hydrogens is 361 g/mol. The summed E-state index contributed by atoms with van der Waals surface area (Å²) in [4.78, 5) is 18.8. The van der Waals surface area contributed by atoms with Crippen LogP contribution >= 0.6 is 0 Å². The maximum absolute atomic E-state index is 12.3. The van der Waals surface area contributed by atoms with E-state index in [4.69, 9.17) is 10.3 Å². The van der Waals surface area contributed by atoms with Gasteiger partial charge >= 0.3 is 13.2 Å². The SMILES string of the molecule is Cc1c(CN=[N+]=[N-])cc(N2CCN(C(=O)OC(C)(C)C)CC2)c(C)c1B(O)O. The molecule has 0 radical (unpaired) electrons. The van der Waals surface area contributed by atoms with Gasteiger partial charge in [-0.3, -0.25) is 0 Å². The van der Waals surface area contributed by atoms with Gasteiger partial charge in [0.25, 0.3) is 0 Å². The molecule has 1 aromatic carbocycles. The summed E-state index contributed by atoms with van der Waals surface area (Å²) in [7, 11) is -1.62. The van der Waals surface area contributed by atoms with Gasteiger partial charge in [0.2, 0.25) is 0 Å². The van der Waals surface area contributed by atoms with Crippen LogP contribution in [0.2, 0.25) is 0 Å². The van der Waals surface area contributed by atoms with Crippen molar-refractivity contribution in [2.24, 2.45) is 5.11 Å². The summed E-state index contributed by atoms with van der Waals surface area (Å²) in [5, 5.41) is 23.3. The summed E-state index contributed by atoms with van der Waals surface area (Å²) >= 11 is 0. The Hall–Kier alpha value is -2.42. The van der Waals surface area contributed by atoms with E-state index in [0.717, 1.165) is 16.8 Å². The lowest BCUT2D eigenvalue weighted by Gasteiger charge is -2.38. The Morgan fingerprint density at radius 2 is 1.86 bits per heavy atom. The first-order chi connectivity index (χ1) is 13.0. The molecule has 1 heterocycles. The molecule has 1 amide bonds. The number of hydrogen-bond donors (Lipinski definition) is 2.